The zero-order valence-corrected chi connectivity index (χ0v) is 16.2. The maximum atomic E-state index is 14.5. The van der Waals surface area contributed by atoms with E-state index in [9.17, 15) is 13.9 Å². The SMILES string of the molecule is C[C@@H](NCc1ccc(Br)cc1)[C@](O)(Cn1cncn1)c1ccc(F)cc1F. The quantitative estimate of drug-likeness (QED) is 0.595. The molecule has 0 saturated carbocycles. The van der Waals surface area contributed by atoms with E-state index in [0.29, 0.717) is 6.54 Å². The molecule has 3 rings (SSSR count). The summed E-state index contributed by atoms with van der Waals surface area (Å²) in [6.07, 6.45) is 2.77. The lowest BCUT2D eigenvalue weighted by atomic mass is 9.86. The van der Waals surface area contributed by atoms with Crippen LogP contribution in [0.4, 0.5) is 8.78 Å². The highest BCUT2D eigenvalue weighted by Gasteiger charge is 2.39. The number of hydrogen-bond acceptors (Lipinski definition) is 4. The smallest absolute Gasteiger partial charge is 0.137 e. The molecule has 142 valence electrons. The van der Waals surface area contributed by atoms with Crippen molar-refractivity contribution in [1.29, 1.82) is 0 Å². The number of halogens is 3. The molecule has 0 spiro atoms. The number of aromatic nitrogens is 3. The van der Waals surface area contributed by atoms with Crippen LogP contribution < -0.4 is 5.32 Å². The Balaban J connectivity index is 1.87. The predicted molar refractivity (Wildman–Crippen MR) is 101 cm³/mol. The second-order valence-corrected chi connectivity index (χ2v) is 7.29. The monoisotopic (exact) mass is 436 g/mol. The van der Waals surface area contributed by atoms with Crippen molar-refractivity contribution in [3.8, 4) is 0 Å². The number of benzene rings is 2. The fraction of sp³-hybridized carbons (Fsp3) is 0.263. The third-order valence-electron chi connectivity index (χ3n) is 4.51. The van der Waals surface area contributed by atoms with Gasteiger partial charge < -0.3 is 10.4 Å². The van der Waals surface area contributed by atoms with Gasteiger partial charge in [-0.1, -0.05) is 34.1 Å². The van der Waals surface area contributed by atoms with Gasteiger partial charge in [0.25, 0.3) is 0 Å². The molecule has 0 aliphatic rings. The van der Waals surface area contributed by atoms with E-state index in [4.69, 9.17) is 0 Å². The zero-order valence-electron chi connectivity index (χ0n) is 14.6. The molecule has 3 aromatic rings. The van der Waals surface area contributed by atoms with Crippen molar-refractivity contribution in [3.05, 3.63) is 82.4 Å². The average molecular weight is 437 g/mol. The summed E-state index contributed by atoms with van der Waals surface area (Å²) in [7, 11) is 0. The van der Waals surface area contributed by atoms with Gasteiger partial charge in [0.15, 0.2) is 0 Å². The van der Waals surface area contributed by atoms with Crippen LogP contribution in [0.25, 0.3) is 0 Å². The van der Waals surface area contributed by atoms with Crippen LogP contribution in [0.1, 0.15) is 18.1 Å². The molecule has 0 fully saturated rings. The molecular weight excluding hydrogens is 418 g/mol. The first-order valence-corrected chi connectivity index (χ1v) is 9.16. The Morgan fingerprint density at radius 2 is 1.96 bits per heavy atom. The Labute approximate surface area is 164 Å². The van der Waals surface area contributed by atoms with Gasteiger partial charge in [-0.3, -0.25) is 0 Å². The van der Waals surface area contributed by atoms with Gasteiger partial charge in [-0.15, -0.1) is 0 Å². The molecule has 1 aromatic heterocycles. The number of aliphatic hydroxyl groups is 1. The van der Waals surface area contributed by atoms with Gasteiger partial charge in [-0.2, -0.15) is 5.10 Å². The lowest BCUT2D eigenvalue weighted by molar-refractivity contribution is -0.0206. The topological polar surface area (TPSA) is 63.0 Å². The first-order valence-electron chi connectivity index (χ1n) is 8.36. The molecule has 2 aromatic carbocycles. The summed E-state index contributed by atoms with van der Waals surface area (Å²) in [6, 6.07) is 10.3. The van der Waals surface area contributed by atoms with Gasteiger partial charge in [0.2, 0.25) is 0 Å². The molecule has 0 amide bonds. The molecule has 27 heavy (non-hydrogen) atoms. The van der Waals surface area contributed by atoms with Crippen LogP contribution in [-0.4, -0.2) is 25.9 Å². The molecular formula is C19H19BrF2N4O. The molecule has 0 saturated heterocycles. The van der Waals surface area contributed by atoms with Crippen LogP contribution in [0.15, 0.2) is 59.6 Å². The van der Waals surface area contributed by atoms with E-state index in [1.807, 2.05) is 24.3 Å². The van der Waals surface area contributed by atoms with Crippen molar-refractivity contribution < 1.29 is 13.9 Å². The highest BCUT2D eigenvalue weighted by molar-refractivity contribution is 9.10. The summed E-state index contributed by atoms with van der Waals surface area (Å²) in [4.78, 5) is 3.86. The van der Waals surface area contributed by atoms with Gasteiger partial charge >= 0.3 is 0 Å². The Hall–Kier alpha value is -2.16. The molecule has 0 unspecified atom stereocenters. The van der Waals surface area contributed by atoms with Gasteiger partial charge in [-0.25, -0.2) is 18.4 Å². The number of nitrogens with one attached hydrogen (secondary N) is 1. The van der Waals surface area contributed by atoms with Crippen LogP contribution in [0.2, 0.25) is 0 Å². The zero-order chi connectivity index (χ0) is 19.4. The van der Waals surface area contributed by atoms with Gasteiger partial charge in [0.05, 0.1) is 6.54 Å². The summed E-state index contributed by atoms with van der Waals surface area (Å²) < 4.78 is 30.2. The second-order valence-electron chi connectivity index (χ2n) is 6.37. The van der Waals surface area contributed by atoms with E-state index >= 15 is 0 Å². The molecule has 0 aliphatic carbocycles. The number of nitrogens with zero attached hydrogens (tertiary/aromatic N) is 3. The number of hydrogen-bond donors (Lipinski definition) is 2. The summed E-state index contributed by atoms with van der Waals surface area (Å²) >= 11 is 3.39. The highest BCUT2D eigenvalue weighted by atomic mass is 79.9. The van der Waals surface area contributed by atoms with E-state index in [0.717, 1.165) is 22.2 Å². The van der Waals surface area contributed by atoms with Gasteiger partial charge in [0, 0.05) is 28.7 Å². The van der Waals surface area contributed by atoms with Crippen LogP contribution in [0.3, 0.4) is 0 Å². The van der Waals surface area contributed by atoms with Crippen molar-refractivity contribution in [2.45, 2.75) is 31.7 Å². The van der Waals surface area contributed by atoms with E-state index in [-0.39, 0.29) is 12.1 Å². The summed E-state index contributed by atoms with van der Waals surface area (Å²) in [5.41, 5.74) is -0.663. The van der Waals surface area contributed by atoms with Crippen LogP contribution in [-0.2, 0) is 18.7 Å². The van der Waals surface area contributed by atoms with Crippen molar-refractivity contribution in [3.63, 3.8) is 0 Å². The molecule has 2 N–H and O–H groups in total. The minimum Gasteiger partial charge on any atom is -0.381 e. The minimum absolute atomic E-state index is 0.00444. The predicted octanol–water partition coefficient (Wildman–Crippen LogP) is 3.38. The first kappa shape index (κ1) is 19.6. The Kier molecular flexibility index (Phi) is 5.98. The lowest BCUT2D eigenvalue weighted by Crippen LogP contribution is -2.49. The van der Waals surface area contributed by atoms with Crippen molar-refractivity contribution in [1.82, 2.24) is 20.1 Å². The fourth-order valence-electron chi connectivity index (χ4n) is 2.90. The maximum Gasteiger partial charge on any atom is 0.137 e. The Morgan fingerprint density at radius 3 is 2.59 bits per heavy atom. The maximum absolute atomic E-state index is 14.5. The third-order valence-corrected chi connectivity index (χ3v) is 5.04. The molecule has 0 aliphatic heterocycles. The van der Waals surface area contributed by atoms with Crippen molar-refractivity contribution in [2.75, 3.05) is 0 Å². The Morgan fingerprint density at radius 1 is 1.22 bits per heavy atom. The van der Waals surface area contributed by atoms with E-state index in [2.05, 4.69) is 31.3 Å². The Bertz CT molecular complexity index is 889. The summed E-state index contributed by atoms with van der Waals surface area (Å²) in [6.45, 7) is 2.18. The van der Waals surface area contributed by atoms with Crippen LogP contribution in [0.5, 0.6) is 0 Å². The number of rotatable bonds is 7. The van der Waals surface area contributed by atoms with Gasteiger partial charge in [0.1, 0.15) is 29.9 Å². The first-order chi connectivity index (χ1) is 12.9. The van der Waals surface area contributed by atoms with E-state index in [1.165, 1.54) is 23.4 Å². The van der Waals surface area contributed by atoms with Crippen LogP contribution in [0, 0.1) is 11.6 Å². The minimum atomic E-state index is -1.67. The molecule has 2 atom stereocenters. The second kappa shape index (κ2) is 8.24. The average Bonchev–Trinajstić information content (AvgIpc) is 3.13. The fourth-order valence-corrected chi connectivity index (χ4v) is 3.16. The highest BCUT2D eigenvalue weighted by Crippen LogP contribution is 2.30. The van der Waals surface area contributed by atoms with Crippen LogP contribution >= 0.6 is 15.9 Å². The van der Waals surface area contributed by atoms with Gasteiger partial charge in [-0.05, 0) is 30.7 Å². The molecule has 0 bridgehead atoms. The molecule has 5 nitrogen and oxygen atoms in total. The third kappa shape index (κ3) is 4.58. The molecule has 0 radical (unpaired) electrons. The van der Waals surface area contributed by atoms with E-state index < -0.39 is 23.3 Å². The molecule has 8 heteroatoms. The largest absolute Gasteiger partial charge is 0.381 e. The molecule has 1 heterocycles. The van der Waals surface area contributed by atoms with Crippen molar-refractivity contribution in [2.24, 2.45) is 0 Å². The van der Waals surface area contributed by atoms with Crippen molar-refractivity contribution >= 4 is 15.9 Å². The summed E-state index contributed by atoms with van der Waals surface area (Å²) in [5, 5.41) is 18.6. The van der Waals surface area contributed by atoms with E-state index in [1.54, 1.807) is 6.92 Å². The lowest BCUT2D eigenvalue weighted by Gasteiger charge is -2.35. The summed E-state index contributed by atoms with van der Waals surface area (Å²) in [5.74, 6) is -1.51. The standard InChI is InChI=1S/C19H19BrF2N4O/c1-13(24-9-14-2-4-15(20)5-3-14)19(27,10-26-12-23-11-25-26)17-7-6-16(21)8-18(17)22/h2-8,11-13,24,27H,9-10H2,1H3/t13-,19-/m1/s1. The normalized spacial score (nSPS) is 14.7.